The van der Waals surface area contributed by atoms with E-state index in [0.29, 0.717) is 36.6 Å². The minimum absolute atomic E-state index is 0.0844. The second kappa shape index (κ2) is 6.74. The molecule has 0 aliphatic carbocycles. The maximum Gasteiger partial charge on any atom is 0.254 e. The van der Waals surface area contributed by atoms with E-state index in [4.69, 9.17) is 0 Å². The van der Waals surface area contributed by atoms with Crippen LogP contribution in [-0.2, 0) is 6.54 Å². The van der Waals surface area contributed by atoms with Crippen molar-refractivity contribution in [3.63, 3.8) is 0 Å². The van der Waals surface area contributed by atoms with E-state index >= 15 is 0 Å². The summed E-state index contributed by atoms with van der Waals surface area (Å²) in [5, 5.41) is 12.8. The van der Waals surface area contributed by atoms with Gasteiger partial charge in [-0.1, -0.05) is 0 Å². The third-order valence-corrected chi connectivity index (χ3v) is 5.04. The van der Waals surface area contributed by atoms with Crippen molar-refractivity contribution in [3.05, 3.63) is 46.9 Å². The lowest BCUT2D eigenvalue weighted by Gasteiger charge is -2.32. The van der Waals surface area contributed by atoms with Gasteiger partial charge in [-0.05, 0) is 32.0 Å². The van der Waals surface area contributed by atoms with Crippen LogP contribution in [0.5, 0.6) is 5.75 Å². The lowest BCUT2D eigenvalue weighted by molar-refractivity contribution is 0.0708. The third-order valence-electron chi connectivity index (χ3n) is 5.04. The molecule has 1 fully saturated rings. The van der Waals surface area contributed by atoms with Crippen LogP contribution >= 0.6 is 0 Å². The highest BCUT2D eigenvalue weighted by atomic mass is 19.1. The van der Waals surface area contributed by atoms with Crippen molar-refractivity contribution in [2.75, 3.05) is 19.6 Å². The van der Waals surface area contributed by atoms with Crippen LogP contribution in [0.1, 0.15) is 35.5 Å². The smallest absolute Gasteiger partial charge is 0.254 e. The van der Waals surface area contributed by atoms with Gasteiger partial charge in [0.15, 0.2) is 0 Å². The number of nitrogens with one attached hydrogen (secondary N) is 1. The molecule has 1 aromatic carbocycles. The topological polar surface area (TPSA) is 77.8 Å². The Morgan fingerprint density at radius 1 is 1.37 bits per heavy atom. The van der Waals surface area contributed by atoms with E-state index in [9.17, 15) is 14.3 Å². The zero-order valence-electron chi connectivity index (χ0n) is 15.3. The first-order valence-corrected chi connectivity index (χ1v) is 9.01. The molecule has 27 heavy (non-hydrogen) atoms. The molecule has 2 aliphatic rings. The minimum Gasteiger partial charge on any atom is -0.508 e. The Balaban J connectivity index is 1.81. The highest BCUT2D eigenvalue weighted by molar-refractivity contribution is 6.11. The van der Waals surface area contributed by atoms with Crippen molar-refractivity contribution in [2.45, 2.75) is 26.4 Å². The number of phenols is 1. The van der Waals surface area contributed by atoms with Gasteiger partial charge in [0, 0.05) is 48.6 Å². The Morgan fingerprint density at radius 2 is 2.19 bits per heavy atom. The predicted octanol–water partition coefficient (Wildman–Crippen LogP) is 2.35. The molecule has 4 rings (SSSR count). The number of piperazine rings is 1. The van der Waals surface area contributed by atoms with Gasteiger partial charge < -0.3 is 15.3 Å². The highest BCUT2D eigenvalue weighted by Gasteiger charge is 2.29. The summed E-state index contributed by atoms with van der Waals surface area (Å²) in [6.45, 7) is 6.28. The van der Waals surface area contributed by atoms with Crippen molar-refractivity contribution in [1.82, 2.24) is 15.2 Å². The van der Waals surface area contributed by atoms with Gasteiger partial charge in [0.1, 0.15) is 11.6 Å². The Morgan fingerprint density at radius 3 is 2.93 bits per heavy atom. The lowest BCUT2D eigenvalue weighted by atomic mass is 9.98. The Hall–Kier alpha value is -2.80. The summed E-state index contributed by atoms with van der Waals surface area (Å²) in [4.78, 5) is 24.0. The summed E-state index contributed by atoms with van der Waals surface area (Å²) >= 11 is 0. The first-order chi connectivity index (χ1) is 12.9. The van der Waals surface area contributed by atoms with Crippen LogP contribution in [0.2, 0.25) is 0 Å². The summed E-state index contributed by atoms with van der Waals surface area (Å²) in [6, 6.07) is 5.80. The molecule has 1 atom stereocenters. The SMILES string of the molecule is CC1=NCc2nc(-c3ccc(O)cc3F)cc(C(=O)N3CCN[C@H](C)C3)c21. The summed E-state index contributed by atoms with van der Waals surface area (Å²) < 4.78 is 14.4. The monoisotopic (exact) mass is 368 g/mol. The van der Waals surface area contributed by atoms with Crippen LogP contribution in [-0.4, -0.2) is 52.3 Å². The number of amides is 1. The number of halogens is 1. The zero-order chi connectivity index (χ0) is 19.1. The van der Waals surface area contributed by atoms with Crippen LogP contribution in [0.4, 0.5) is 4.39 Å². The molecule has 0 saturated carbocycles. The second-order valence-corrected chi connectivity index (χ2v) is 7.05. The Bertz CT molecular complexity index is 957. The molecule has 140 valence electrons. The number of nitrogens with zero attached hydrogens (tertiary/aromatic N) is 3. The Kier molecular flexibility index (Phi) is 4.39. The van der Waals surface area contributed by atoms with Crippen molar-refractivity contribution in [1.29, 1.82) is 0 Å². The minimum atomic E-state index is -0.577. The molecule has 3 heterocycles. The van der Waals surface area contributed by atoms with Crippen molar-refractivity contribution >= 4 is 11.6 Å². The molecule has 1 saturated heterocycles. The van der Waals surface area contributed by atoms with Gasteiger partial charge in [0.25, 0.3) is 5.91 Å². The lowest BCUT2D eigenvalue weighted by Crippen LogP contribution is -2.51. The van der Waals surface area contributed by atoms with Crippen molar-refractivity contribution in [2.24, 2.45) is 4.99 Å². The van der Waals surface area contributed by atoms with E-state index in [1.54, 1.807) is 6.07 Å². The van der Waals surface area contributed by atoms with Crippen LogP contribution in [0.15, 0.2) is 29.3 Å². The number of aromatic nitrogens is 1. The van der Waals surface area contributed by atoms with Crippen molar-refractivity contribution in [3.8, 4) is 17.0 Å². The maximum atomic E-state index is 14.4. The number of phenolic OH excluding ortho intramolecular Hbond substituents is 1. The largest absolute Gasteiger partial charge is 0.508 e. The van der Waals surface area contributed by atoms with E-state index in [-0.39, 0.29) is 23.3 Å². The van der Waals surface area contributed by atoms with Crippen molar-refractivity contribution < 1.29 is 14.3 Å². The first-order valence-electron chi connectivity index (χ1n) is 9.01. The fourth-order valence-electron chi connectivity index (χ4n) is 3.69. The summed E-state index contributed by atoms with van der Waals surface area (Å²) in [6.07, 6.45) is 0. The van der Waals surface area contributed by atoms with E-state index in [1.165, 1.54) is 12.1 Å². The van der Waals surface area contributed by atoms with Crippen LogP contribution in [0.25, 0.3) is 11.3 Å². The summed E-state index contributed by atoms with van der Waals surface area (Å²) in [7, 11) is 0. The second-order valence-electron chi connectivity index (χ2n) is 7.05. The van der Waals surface area contributed by atoms with Crippen LogP contribution < -0.4 is 5.32 Å². The summed E-state index contributed by atoms with van der Waals surface area (Å²) in [5.41, 5.74) is 3.36. The van der Waals surface area contributed by atoms with Gasteiger partial charge >= 0.3 is 0 Å². The Labute approximate surface area is 156 Å². The number of carbonyl (C=O) groups excluding carboxylic acids is 1. The molecule has 2 aromatic rings. The normalized spacial score (nSPS) is 19.0. The standard InChI is InChI=1S/C20H21FN4O2/c1-11-10-25(6-5-22-11)20(27)15-8-17(14-4-3-13(26)7-16(14)21)24-18-9-23-12(2)19(15)18/h3-4,7-8,11,22,26H,5-6,9-10H2,1-2H3/t11-/m1/s1. The molecular weight excluding hydrogens is 347 g/mol. The molecule has 0 spiro atoms. The fourth-order valence-corrected chi connectivity index (χ4v) is 3.69. The molecular formula is C20H21FN4O2. The molecule has 6 nitrogen and oxygen atoms in total. The number of hydrogen-bond acceptors (Lipinski definition) is 5. The quantitative estimate of drug-likeness (QED) is 0.853. The third kappa shape index (κ3) is 3.19. The number of aliphatic imine (C=N–C) groups is 1. The molecule has 1 aromatic heterocycles. The molecule has 0 bridgehead atoms. The number of hydrogen-bond donors (Lipinski definition) is 2. The van der Waals surface area contributed by atoms with Crippen LogP contribution in [0.3, 0.4) is 0 Å². The summed E-state index contributed by atoms with van der Waals surface area (Å²) in [5.74, 6) is -0.811. The van der Waals surface area contributed by atoms with E-state index < -0.39 is 5.82 Å². The average molecular weight is 368 g/mol. The molecule has 0 unspecified atom stereocenters. The number of pyridine rings is 1. The number of benzene rings is 1. The molecule has 1 amide bonds. The highest BCUT2D eigenvalue weighted by Crippen LogP contribution is 2.30. The first kappa shape index (κ1) is 17.6. The van der Waals surface area contributed by atoms with Gasteiger partial charge in [-0.15, -0.1) is 0 Å². The van der Waals surface area contributed by atoms with Gasteiger partial charge in [0.05, 0.1) is 23.5 Å². The van der Waals surface area contributed by atoms with Gasteiger partial charge in [0.2, 0.25) is 0 Å². The molecule has 0 radical (unpaired) electrons. The number of aromatic hydroxyl groups is 1. The van der Waals surface area contributed by atoms with E-state index in [2.05, 4.69) is 15.3 Å². The van der Waals surface area contributed by atoms with Gasteiger partial charge in [-0.2, -0.15) is 0 Å². The predicted molar refractivity (Wildman–Crippen MR) is 101 cm³/mol. The molecule has 7 heteroatoms. The number of fused-ring (bicyclic) bond motifs is 1. The van der Waals surface area contributed by atoms with Crippen LogP contribution in [0, 0.1) is 5.82 Å². The van der Waals surface area contributed by atoms with E-state index in [0.717, 1.165) is 23.9 Å². The molecule has 2 aliphatic heterocycles. The van der Waals surface area contributed by atoms with Gasteiger partial charge in [-0.3, -0.25) is 9.79 Å². The average Bonchev–Trinajstić information content (AvgIpc) is 3.01. The number of carbonyl (C=O) groups is 1. The number of rotatable bonds is 2. The maximum absolute atomic E-state index is 14.4. The fraction of sp³-hybridized carbons (Fsp3) is 0.350. The zero-order valence-corrected chi connectivity index (χ0v) is 15.3. The molecule has 2 N–H and O–H groups in total. The van der Waals surface area contributed by atoms with Gasteiger partial charge in [-0.25, -0.2) is 9.37 Å². The van der Waals surface area contributed by atoms with E-state index in [1.807, 2.05) is 18.7 Å².